The summed E-state index contributed by atoms with van der Waals surface area (Å²) in [5.41, 5.74) is 2.40. The quantitative estimate of drug-likeness (QED) is 0.808. The summed E-state index contributed by atoms with van der Waals surface area (Å²) in [6.45, 7) is 3.28. The molecule has 0 radical (unpaired) electrons. The van der Waals surface area contributed by atoms with Crippen LogP contribution in [0.25, 0.3) is 0 Å². The van der Waals surface area contributed by atoms with Crippen molar-refractivity contribution >= 4 is 17.2 Å². The van der Waals surface area contributed by atoms with Gasteiger partial charge in [-0.25, -0.2) is 0 Å². The number of likely N-dealkylation sites (N-methyl/N-ethyl adjacent to an activating group) is 1. The van der Waals surface area contributed by atoms with Gasteiger partial charge in [0.05, 0.1) is 6.54 Å². The van der Waals surface area contributed by atoms with E-state index in [1.54, 1.807) is 11.3 Å². The van der Waals surface area contributed by atoms with Crippen LogP contribution in [0.15, 0.2) is 35.0 Å². The van der Waals surface area contributed by atoms with E-state index in [4.69, 9.17) is 9.47 Å². The summed E-state index contributed by atoms with van der Waals surface area (Å²) in [5.74, 6) is 1.80. The van der Waals surface area contributed by atoms with Crippen molar-refractivity contribution in [3.63, 3.8) is 0 Å². The fraction of sp³-hybridized carbons (Fsp3) is 0.450. The summed E-state index contributed by atoms with van der Waals surface area (Å²) in [5, 5.41) is 4.14. The number of likely N-dealkylation sites (tertiary alicyclic amines) is 1. The van der Waals surface area contributed by atoms with E-state index >= 15 is 0 Å². The lowest BCUT2D eigenvalue weighted by molar-refractivity contribution is -0.131. The first kappa shape index (κ1) is 17.4. The third-order valence-corrected chi connectivity index (χ3v) is 5.81. The molecule has 0 aliphatic carbocycles. The van der Waals surface area contributed by atoms with E-state index in [9.17, 15) is 4.79 Å². The summed E-state index contributed by atoms with van der Waals surface area (Å²) in [7, 11) is 1.88. The number of amides is 1. The average Bonchev–Trinajstić information content (AvgIpc) is 3.33. The molecule has 2 aromatic rings. The molecule has 1 aromatic heterocycles. The minimum atomic E-state index is 0.167. The third-order valence-electron chi connectivity index (χ3n) is 5.08. The molecule has 5 nitrogen and oxygen atoms in total. The van der Waals surface area contributed by atoms with Crippen molar-refractivity contribution in [2.24, 2.45) is 0 Å². The molecule has 3 heterocycles. The molecule has 0 bridgehead atoms. The second-order valence-electron chi connectivity index (χ2n) is 6.91. The largest absolute Gasteiger partial charge is 0.486 e. The summed E-state index contributed by atoms with van der Waals surface area (Å²) in [6, 6.07) is 8.52. The minimum Gasteiger partial charge on any atom is -0.486 e. The lowest BCUT2D eigenvalue weighted by Crippen LogP contribution is -2.37. The smallest absolute Gasteiger partial charge is 0.236 e. The van der Waals surface area contributed by atoms with Gasteiger partial charge < -0.3 is 14.4 Å². The number of ether oxygens (including phenoxy) is 2. The molecule has 1 atom stereocenters. The van der Waals surface area contributed by atoms with E-state index in [0.29, 0.717) is 26.3 Å². The zero-order valence-electron chi connectivity index (χ0n) is 15.0. The van der Waals surface area contributed by atoms with Crippen LogP contribution < -0.4 is 9.47 Å². The highest BCUT2D eigenvalue weighted by atomic mass is 32.1. The van der Waals surface area contributed by atoms with Crippen LogP contribution in [0, 0.1) is 0 Å². The van der Waals surface area contributed by atoms with Crippen LogP contribution in [-0.4, -0.2) is 49.1 Å². The number of carbonyl (C=O) groups excluding carboxylic acids is 1. The molecule has 6 heteroatoms. The second-order valence-corrected chi connectivity index (χ2v) is 7.69. The summed E-state index contributed by atoms with van der Waals surface area (Å²) < 4.78 is 11.3. The van der Waals surface area contributed by atoms with Crippen molar-refractivity contribution in [1.29, 1.82) is 0 Å². The number of fused-ring (bicyclic) bond motifs is 1. The first-order valence-electron chi connectivity index (χ1n) is 9.09. The molecular formula is C20H24N2O3S. The van der Waals surface area contributed by atoms with Gasteiger partial charge in [-0.3, -0.25) is 9.69 Å². The standard InChI is InChI=1S/C20H24N2O3S/c1-21(12-15-6-10-26-14-15)20(23)13-22-7-2-3-17(22)16-4-5-18-19(11-16)25-9-8-24-18/h4-6,10-11,14,17H,2-3,7-9,12-13H2,1H3/t17-/m1/s1. The van der Waals surface area contributed by atoms with Gasteiger partial charge in [-0.05, 0) is 59.5 Å². The Morgan fingerprint density at radius 1 is 1.27 bits per heavy atom. The lowest BCUT2D eigenvalue weighted by Gasteiger charge is -2.28. The first-order valence-corrected chi connectivity index (χ1v) is 10.0. The van der Waals surface area contributed by atoms with Crippen LogP contribution in [0.4, 0.5) is 0 Å². The lowest BCUT2D eigenvalue weighted by atomic mass is 10.0. The van der Waals surface area contributed by atoms with Crippen molar-refractivity contribution in [2.45, 2.75) is 25.4 Å². The summed E-state index contributed by atoms with van der Waals surface area (Å²) in [6.07, 6.45) is 2.18. The van der Waals surface area contributed by atoms with Gasteiger partial charge in [-0.15, -0.1) is 0 Å². The number of nitrogens with zero attached hydrogens (tertiary/aromatic N) is 2. The van der Waals surface area contributed by atoms with Crippen molar-refractivity contribution < 1.29 is 14.3 Å². The third kappa shape index (κ3) is 3.71. The maximum absolute atomic E-state index is 12.7. The van der Waals surface area contributed by atoms with Crippen LogP contribution >= 0.6 is 11.3 Å². The van der Waals surface area contributed by atoms with Crippen molar-refractivity contribution in [3.05, 3.63) is 46.2 Å². The van der Waals surface area contributed by atoms with E-state index in [0.717, 1.165) is 30.9 Å². The van der Waals surface area contributed by atoms with E-state index in [1.807, 2.05) is 23.4 Å². The Balaban J connectivity index is 1.42. The van der Waals surface area contributed by atoms with E-state index in [-0.39, 0.29) is 11.9 Å². The summed E-state index contributed by atoms with van der Waals surface area (Å²) >= 11 is 1.66. The molecule has 0 unspecified atom stereocenters. The van der Waals surface area contributed by atoms with Gasteiger partial charge >= 0.3 is 0 Å². The number of rotatable bonds is 5. The van der Waals surface area contributed by atoms with Gasteiger partial charge in [0.2, 0.25) is 5.91 Å². The zero-order valence-corrected chi connectivity index (χ0v) is 15.8. The molecule has 0 spiro atoms. The number of hydrogen-bond donors (Lipinski definition) is 0. The molecule has 1 aromatic carbocycles. The highest BCUT2D eigenvalue weighted by Gasteiger charge is 2.29. The van der Waals surface area contributed by atoms with Crippen LogP contribution in [-0.2, 0) is 11.3 Å². The normalized spacial score (nSPS) is 19.5. The molecule has 1 amide bonds. The Bertz CT molecular complexity index is 762. The van der Waals surface area contributed by atoms with Gasteiger partial charge in [-0.2, -0.15) is 11.3 Å². The minimum absolute atomic E-state index is 0.167. The highest BCUT2D eigenvalue weighted by Crippen LogP contribution is 2.37. The Morgan fingerprint density at radius 3 is 2.92 bits per heavy atom. The molecule has 2 aliphatic rings. The van der Waals surface area contributed by atoms with Gasteiger partial charge in [-0.1, -0.05) is 6.07 Å². The van der Waals surface area contributed by atoms with Gasteiger partial charge in [0, 0.05) is 19.6 Å². The predicted octanol–water partition coefficient (Wildman–Crippen LogP) is 3.31. The number of carbonyl (C=O) groups is 1. The van der Waals surface area contributed by atoms with E-state index in [2.05, 4.69) is 28.5 Å². The maximum Gasteiger partial charge on any atom is 0.236 e. The van der Waals surface area contributed by atoms with Gasteiger partial charge in [0.15, 0.2) is 11.5 Å². The fourth-order valence-corrected chi connectivity index (χ4v) is 4.36. The molecule has 138 valence electrons. The highest BCUT2D eigenvalue weighted by molar-refractivity contribution is 7.07. The molecule has 4 rings (SSSR count). The zero-order chi connectivity index (χ0) is 17.9. The van der Waals surface area contributed by atoms with Crippen LogP contribution in [0.1, 0.15) is 30.0 Å². The van der Waals surface area contributed by atoms with Gasteiger partial charge in [0.25, 0.3) is 0 Å². The number of thiophene rings is 1. The SMILES string of the molecule is CN(Cc1ccsc1)C(=O)CN1CCC[C@@H]1c1ccc2c(c1)OCCO2. The molecule has 1 saturated heterocycles. The second kappa shape index (κ2) is 7.68. The summed E-state index contributed by atoms with van der Waals surface area (Å²) in [4.78, 5) is 16.8. The van der Waals surface area contributed by atoms with Crippen molar-refractivity contribution in [2.75, 3.05) is 33.4 Å². The number of benzene rings is 1. The molecule has 0 saturated carbocycles. The molecule has 26 heavy (non-hydrogen) atoms. The first-order chi connectivity index (χ1) is 12.7. The Morgan fingerprint density at radius 2 is 2.12 bits per heavy atom. The monoisotopic (exact) mass is 372 g/mol. The van der Waals surface area contributed by atoms with Crippen LogP contribution in [0.5, 0.6) is 11.5 Å². The van der Waals surface area contributed by atoms with Crippen LogP contribution in [0.2, 0.25) is 0 Å². The average molecular weight is 372 g/mol. The molecular weight excluding hydrogens is 348 g/mol. The van der Waals surface area contributed by atoms with E-state index in [1.165, 1.54) is 11.1 Å². The van der Waals surface area contributed by atoms with Crippen molar-refractivity contribution in [1.82, 2.24) is 9.80 Å². The fourth-order valence-electron chi connectivity index (χ4n) is 3.70. The van der Waals surface area contributed by atoms with Crippen LogP contribution in [0.3, 0.4) is 0 Å². The predicted molar refractivity (Wildman–Crippen MR) is 102 cm³/mol. The Labute approximate surface area is 158 Å². The molecule has 0 N–H and O–H groups in total. The molecule has 1 fully saturated rings. The topological polar surface area (TPSA) is 42.0 Å². The van der Waals surface area contributed by atoms with Crippen molar-refractivity contribution in [3.8, 4) is 11.5 Å². The van der Waals surface area contributed by atoms with E-state index < -0.39 is 0 Å². The maximum atomic E-state index is 12.7. The molecule has 2 aliphatic heterocycles. The Kier molecular flexibility index (Phi) is 5.13. The Hall–Kier alpha value is -2.05. The van der Waals surface area contributed by atoms with Gasteiger partial charge in [0.1, 0.15) is 13.2 Å². The number of hydrogen-bond acceptors (Lipinski definition) is 5.